The van der Waals surface area contributed by atoms with E-state index < -0.39 is 0 Å². The average Bonchev–Trinajstić information content (AvgIpc) is 2.43. The van der Waals surface area contributed by atoms with Gasteiger partial charge in [-0.25, -0.2) is 0 Å². The Balaban J connectivity index is 2.07. The molecule has 0 bridgehead atoms. The van der Waals surface area contributed by atoms with Crippen LogP contribution in [0.4, 0.5) is 0 Å². The molecule has 1 heterocycles. The van der Waals surface area contributed by atoms with Gasteiger partial charge in [0.15, 0.2) is 0 Å². The van der Waals surface area contributed by atoms with E-state index in [0.717, 1.165) is 24.2 Å². The summed E-state index contributed by atoms with van der Waals surface area (Å²) >= 11 is 0. The summed E-state index contributed by atoms with van der Waals surface area (Å²) in [6.07, 6.45) is 2.42. The Bertz CT molecular complexity index is 422. The third-order valence-corrected chi connectivity index (χ3v) is 3.92. The summed E-state index contributed by atoms with van der Waals surface area (Å²) in [6.45, 7) is 6.18. The van der Waals surface area contributed by atoms with Crippen LogP contribution >= 0.6 is 0 Å². The lowest BCUT2D eigenvalue weighted by atomic mass is 9.99. The third-order valence-electron chi connectivity index (χ3n) is 3.92. The van der Waals surface area contributed by atoms with Gasteiger partial charge in [-0.3, -0.25) is 0 Å². The molecular weight excluding hydrogens is 266 g/mol. The van der Waals surface area contributed by atoms with Gasteiger partial charge in [-0.2, -0.15) is 0 Å². The van der Waals surface area contributed by atoms with Crippen LogP contribution in [0.15, 0.2) is 24.3 Å². The van der Waals surface area contributed by atoms with Crippen LogP contribution in [0.3, 0.4) is 0 Å². The minimum Gasteiger partial charge on any atom is -0.497 e. The van der Waals surface area contributed by atoms with Gasteiger partial charge in [-0.1, -0.05) is 12.1 Å². The van der Waals surface area contributed by atoms with E-state index in [1.807, 2.05) is 31.2 Å². The van der Waals surface area contributed by atoms with Crippen molar-refractivity contribution in [3.63, 3.8) is 0 Å². The first-order chi connectivity index (χ1) is 9.99. The molecule has 1 aliphatic rings. The molecule has 21 heavy (non-hydrogen) atoms. The van der Waals surface area contributed by atoms with E-state index in [1.165, 1.54) is 0 Å². The summed E-state index contributed by atoms with van der Waals surface area (Å²) in [4.78, 5) is 0. The van der Waals surface area contributed by atoms with Gasteiger partial charge in [-0.15, -0.1) is 0 Å². The number of hydrogen-bond donors (Lipinski definition) is 1. The van der Waals surface area contributed by atoms with Gasteiger partial charge >= 0.3 is 0 Å². The maximum absolute atomic E-state index is 6.31. The predicted octanol–water partition coefficient (Wildman–Crippen LogP) is 3.06. The van der Waals surface area contributed by atoms with Crippen LogP contribution in [0.5, 0.6) is 5.75 Å². The molecule has 1 aromatic carbocycles. The molecular formula is C17H27NO3. The number of nitrogens with two attached hydrogens (primary N) is 1. The minimum absolute atomic E-state index is 0.0631. The van der Waals surface area contributed by atoms with E-state index >= 15 is 0 Å². The minimum atomic E-state index is -0.0987. The standard InChI is InChI=1S/C17H27NO3/c1-11-9-16(10-12(2)20-11)21-17(13(3)18)14-5-7-15(19-4)8-6-14/h5-8,11-13,16-17H,9-10,18H2,1-4H3. The van der Waals surface area contributed by atoms with Crippen LogP contribution in [-0.4, -0.2) is 31.5 Å². The van der Waals surface area contributed by atoms with Gasteiger partial charge in [0.25, 0.3) is 0 Å². The Labute approximate surface area is 127 Å². The Morgan fingerprint density at radius 3 is 2.19 bits per heavy atom. The largest absolute Gasteiger partial charge is 0.497 e. The molecule has 118 valence electrons. The smallest absolute Gasteiger partial charge is 0.118 e. The van der Waals surface area contributed by atoms with E-state index in [9.17, 15) is 0 Å². The van der Waals surface area contributed by atoms with Crippen LogP contribution < -0.4 is 10.5 Å². The SMILES string of the molecule is COc1ccc(C(OC2CC(C)OC(C)C2)C(C)N)cc1. The Hall–Kier alpha value is -1.10. The maximum Gasteiger partial charge on any atom is 0.118 e. The average molecular weight is 293 g/mol. The molecule has 2 rings (SSSR count). The second-order valence-electron chi connectivity index (χ2n) is 6.04. The van der Waals surface area contributed by atoms with E-state index in [2.05, 4.69) is 13.8 Å². The van der Waals surface area contributed by atoms with Crippen molar-refractivity contribution in [2.24, 2.45) is 5.73 Å². The van der Waals surface area contributed by atoms with Crippen molar-refractivity contribution in [1.82, 2.24) is 0 Å². The van der Waals surface area contributed by atoms with E-state index in [-0.39, 0.29) is 30.5 Å². The Kier molecular flexibility index (Phi) is 5.62. The molecule has 1 saturated heterocycles. The molecule has 1 aromatic rings. The zero-order chi connectivity index (χ0) is 15.4. The fraction of sp³-hybridized carbons (Fsp3) is 0.647. The van der Waals surface area contributed by atoms with Crippen LogP contribution in [0, 0.1) is 0 Å². The first-order valence-corrected chi connectivity index (χ1v) is 7.70. The maximum atomic E-state index is 6.31. The summed E-state index contributed by atoms with van der Waals surface area (Å²) in [6, 6.07) is 7.89. The van der Waals surface area contributed by atoms with Crippen molar-refractivity contribution in [1.29, 1.82) is 0 Å². The van der Waals surface area contributed by atoms with Crippen molar-refractivity contribution >= 4 is 0 Å². The molecule has 4 heteroatoms. The van der Waals surface area contributed by atoms with Crippen molar-refractivity contribution in [3.05, 3.63) is 29.8 Å². The summed E-state index contributed by atoms with van der Waals surface area (Å²) in [5.74, 6) is 0.843. The van der Waals surface area contributed by atoms with Gasteiger partial charge < -0.3 is 19.9 Å². The Morgan fingerprint density at radius 1 is 1.14 bits per heavy atom. The molecule has 1 aliphatic heterocycles. The van der Waals surface area contributed by atoms with Gasteiger partial charge in [0, 0.05) is 6.04 Å². The lowest BCUT2D eigenvalue weighted by Gasteiger charge is -2.35. The fourth-order valence-corrected chi connectivity index (χ4v) is 2.96. The highest BCUT2D eigenvalue weighted by atomic mass is 16.5. The van der Waals surface area contributed by atoms with Gasteiger partial charge in [0.05, 0.1) is 31.5 Å². The van der Waals surface area contributed by atoms with Gasteiger partial charge in [0.1, 0.15) is 5.75 Å². The highest BCUT2D eigenvalue weighted by molar-refractivity contribution is 5.29. The molecule has 0 saturated carbocycles. The normalized spacial score (nSPS) is 28.9. The monoisotopic (exact) mass is 293 g/mol. The van der Waals surface area contributed by atoms with E-state index in [4.69, 9.17) is 19.9 Å². The molecule has 2 N–H and O–H groups in total. The number of hydrogen-bond acceptors (Lipinski definition) is 4. The molecule has 4 atom stereocenters. The van der Waals surface area contributed by atoms with Crippen LogP contribution in [0.25, 0.3) is 0 Å². The van der Waals surface area contributed by atoms with Crippen molar-refractivity contribution in [2.75, 3.05) is 7.11 Å². The zero-order valence-corrected chi connectivity index (χ0v) is 13.4. The predicted molar refractivity (Wildman–Crippen MR) is 83.5 cm³/mol. The van der Waals surface area contributed by atoms with Crippen LogP contribution in [-0.2, 0) is 9.47 Å². The summed E-state index contributed by atoms with van der Waals surface area (Å²) in [7, 11) is 1.67. The number of rotatable bonds is 5. The highest BCUT2D eigenvalue weighted by Crippen LogP contribution is 2.29. The van der Waals surface area contributed by atoms with Crippen molar-refractivity contribution in [2.45, 2.75) is 64.1 Å². The first-order valence-electron chi connectivity index (χ1n) is 7.70. The molecule has 0 amide bonds. The molecule has 0 radical (unpaired) electrons. The lowest BCUT2D eigenvalue weighted by Crippen LogP contribution is -2.37. The molecule has 4 nitrogen and oxygen atoms in total. The Morgan fingerprint density at radius 2 is 1.71 bits per heavy atom. The van der Waals surface area contributed by atoms with Crippen molar-refractivity contribution < 1.29 is 14.2 Å². The second-order valence-corrected chi connectivity index (χ2v) is 6.04. The fourth-order valence-electron chi connectivity index (χ4n) is 2.96. The molecule has 0 aliphatic carbocycles. The highest BCUT2D eigenvalue weighted by Gasteiger charge is 2.29. The summed E-state index contributed by atoms with van der Waals surface area (Å²) in [5, 5.41) is 0. The van der Waals surface area contributed by atoms with E-state index in [1.54, 1.807) is 7.11 Å². The van der Waals surface area contributed by atoms with Crippen LogP contribution in [0.2, 0.25) is 0 Å². The molecule has 1 fully saturated rings. The van der Waals surface area contributed by atoms with Gasteiger partial charge in [-0.05, 0) is 51.3 Å². The summed E-state index contributed by atoms with van der Waals surface area (Å²) < 4.78 is 17.3. The first kappa shape index (κ1) is 16.3. The number of benzene rings is 1. The number of methoxy groups -OCH3 is 1. The summed E-state index contributed by atoms with van der Waals surface area (Å²) in [5.41, 5.74) is 7.23. The molecule has 0 spiro atoms. The van der Waals surface area contributed by atoms with Gasteiger partial charge in [0.2, 0.25) is 0 Å². The topological polar surface area (TPSA) is 53.7 Å². The number of ether oxygens (including phenoxy) is 3. The molecule has 4 unspecified atom stereocenters. The van der Waals surface area contributed by atoms with Crippen LogP contribution in [0.1, 0.15) is 45.3 Å². The molecule has 0 aromatic heterocycles. The zero-order valence-electron chi connectivity index (χ0n) is 13.4. The van der Waals surface area contributed by atoms with E-state index in [0.29, 0.717) is 0 Å². The second kappa shape index (κ2) is 7.25. The quantitative estimate of drug-likeness (QED) is 0.906. The third kappa shape index (κ3) is 4.43. The van der Waals surface area contributed by atoms with Crippen molar-refractivity contribution in [3.8, 4) is 5.75 Å². The lowest BCUT2D eigenvalue weighted by molar-refractivity contribution is -0.126.